The fourth-order valence-electron chi connectivity index (χ4n) is 4.23. The van der Waals surface area contributed by atoms with Crippen LogP contribution in [0.2, 0.25) is 0 Å². The number of benzene rings is 3. The maximum atomic E-state index is 14.0. The van der Waals surface area contributed by atoms with Gasteiger partial charge in [-0.25, -0.2) is 8.42 Å². The number of hydrogen-bond donors (Lipinski definition) is 1. The number of rotatable bonds is 13. The van der Waals surface area contributed by atoms with Gasteiger partial charge in [0.1, 0.15) is 24.1 Å². The molecular weight excluding hydrogens is 530 g/mol. The first kappa shape index (κ1) is 30.5. The maximum Gasteiger partial charge on any atom is 0.264 e. The van der Waals surface area contributed by atoms with Crippen molar-refractivity contribution in [3.05, 3.63) is 84.4 Å². The fourth-order valence-corrected chi connectivity index (χ4v) is 5.64. The van der Waals surface area contributed by atoms with E-state index in [0.29, 0.717) is 23.6 Å². The first-order valence-corrected chi connectivity index (χ1v) is 14.5. The van der Waals surface area contributed by atoms with Crippen LogP contribution in [-0.2, 0) is 26.2 Å². The molecule has 0 unspecified atom stereocenters. The number of nitrogens with zero attached hydrogens (tertiary/aromatic N) is 2. The van der Waals surface area contributed by atoms with Gasteiger partial charge in [0.05, 0.1) is 24.8 Å². The number of ether oxygens (including phenoxy) is 2. The van der Waals surface area contributed by atoms with Crippen molar-refractivity contribution in [3.8, 4) is 11.5 Å². The lowest BCUT2D eigenvalue weighted by atomic mass is 10.1. The number of carbonyl (C=O) groups excluding carboxylic acids is 2. The zero-order chi connectivity index (χ0) is 29.3. The predicted octanol–water partition coefficient (Wildman–Crippen LogP) is 4.23. The molecule has 10 heteroatoms. The van der Waals surface area contributed by atoms with Gasteiger partial charge in [-0.05, 0) is 74.4 Å². The minimum absolute atomic E-state index is 0.0104. The molecule has 0 heterocycles. The van der Waals surface area contributed by atoms with Crippen LogP contribution in [0.15, 0.2) is 83.8 Å². The Morgan fingerprint density at radius 1 is 0.850 bits per heavy atom. The summed E-state index contributed by atoms with van der Waals surface area (Å²) in [6.07, 6.45) is 0.344. The van der Waals surface area contributed by atoms with Crippen molar-refractivity contribution in [1.29, 1.82) is 0 Å². The third-order valence-corrected chi connectivity index (χ3v) is 8.09. The molecule has 2 amide bonds. The number of hydrogen-bond acceptors (Lipinski definition) is 6. The molecule has 0 aliphatic rings. The Hall–Kier alpha value is -4.05. The van der Waals surface area contributed by atoms with Gasteiger partial charge in [-0.2, -0.15) is 0 Å². The van der Waals surface area contributed by atoms with Crippen LogP contribution in [0.25, 0.3) is 0 Å². The van der Waals surface area contributed by atoms with E-state index in [1.165, 1.54) is 24.1 Å². The van der Waals surface area contributed by atoms with Gasteiger partial charge in [-0.15, -0.1) is 0 Å². The number of carbonyl (C=O) groups is 2. The lowest BCUT2D eigenvalue weighted by molar-refractivity contribution is -0.140. The Morgan fingerprint density at radius 2 is 1.40 bits per heavy atom. The summed E-state index contributed by atoms with van der Waals surface area (Å²) in [5.74, 6) is 0.354. The van der Waals surface area contributed by atoms with Crippen molar-refractivity contribution in [1.82, 2.24) is 10.2 Å². The molecule has 40 heavy (non-hydrogen) atoms. The number of nitrogens with one attached hydrogen (secondary N) is 1. The molecule has 3 aromatic rings. The van der Waals surface area contributed by atoms with Crippen LogP contribution in [0.5, 0.6) is 11.5 Å². The Bertz CT molecular complexity index is 1360. The van der Waals surface area contributed by atoms with E-state index in [1.54, 1.807) is 61.7 Å². The molecule has 0 radical (unpaired) electrons. The van der Waals surface area contributed by atoms with Gasteiger partial charge >= 0.3 is 0 Å². The Labute approximate surface area is 236 Å². The number of sulfonamides is 1. The van der Waals surface area contributed by atoms with Crippen LogP contribution in [0.4, 0.5) is 5.69 Å². The van der Waals surface area contributed by atoms with Crippen LogP contribution in [-0.4, -0.2) is 58.0 Å². The van der Waals surface area contributed by atoms with E-state index in [9.17, 15) is 18.0 Å². The summed E-state index contributed by atoms with van der Waals surface area (Å²) >= 11 is 0. The second-order valence-corrected chi connectivity index (χ2v) is 11.3. The minimum Gasteiger partial charge on any atom is -0.497 e. The number of amides is 2. The minimum atomic E-state index is -4.15. The number of methoxy groups -OCH3 is 2. The lowest BCUT2D eigenvalue weighted by Crippen LogP contribution is -2.53. The average Bonchev–Trinajstić information content (AvgIpc) is 2.96. The van der Waals surface area contributed by atoms with Gasteiger partial charge in [0.25, 0.3) is 10.0 Å². The molecule has 0 fully saturated rings. The van der Waals surface area contributed by atoms with Crippen molar-refractivity contribution < 1.29 is 27.5 Å². The summed E-state index contributed by atoms with van der Waals surface area (Å²) in [6, 6.07) is 20.7. The van der Waals surface area contributed by atoms with Gasteiger partial charge in [0, 0.05) is 12.6 Å². The van der Waals surface area contributed by atoms with Crippen LogP contribution < -0.4 is 19.1 Å². The second kappa shape index (κ2) is 13.8. The highest BCUT2D eigenvalue weighted by molar-refractivity contribution is 7.92. The molecule has 3 rings (SSSR count). The Balaban J connectivity index is 2.03. The van der Waals surface area contributed by atoms with E-state index in [4.69, 9.17) is 9.47 Å². The highest BCUT2D eigenvalue weighted by Gasteiger charge is 2.33. The molecule has 3 aromatic carbocycles. The third-order valence-electron chi connectivity index (χ3n) is 6.30. The van der Waals surface area contributed by atoms with E-state index in [0.717, 1.165) is 9.87 Å². The van der Waals surface area contributed by atoms with E-state index in [2.05, 4.69) is 5.32 Å². The third kappa shape index (κ3) is 7.53. The Morgan fingerprint density at radius 3 is 1.90 bits per heavy atom. The highest BCUT2D eigenvalue weighted by atomic mass is 32.2. The van der Waals surface area contributed by atoms with E-state index < -0.39 is 28.5 Å². The molecule has 0 saturated heterocycles. The first-order chi connectivity index (χ1) is 19.1. The smallest absolute Gasteiger partial charge is 0.264 e. The molecule has 0 aliphatic carbocycles. The molecule has 0 aliphatic heterocycles. The van der Waals surface area contributed by atoms with Crippen LogP contribution in [0, 0.1) is 0 Å². The van der Waals surface area contributed by atoms with Crippen LogP contribution in [0.1, 0.15) is 32.8 Å². The molecule has 214 valence electrons. The van der Waals surface area contributed by atoms with Gasteiger partial charge in [0.2, 0.25) is 11.8 Å². The zero-order valence-corrected chi connectivity index (χ0v) is 24.4. The van der Waals surface area contributed by atoms with E-state index in [-0.39, 0.29) is 23.4 Å². The van der Waals surface area contributed by atoms with Crippen LogP contribution in [0.3, 0.4) is 0 Å². The lowest BCUT2D eigenvalue weighted by Gasteiger charge is -2.33. The van der Waals surface area contributed by atoms with Crippen molar-refractivity contribution in [3.63, 3.8) is 0 Å². The monoisotopic (exact) mass is 567 g/mol. The standard InChI is InChI=1S/C30H37N3O6S/c1-6-28(30(35)31-22(2)3)32(20-23-12-14-25(38-4)15-13-23)29(34)21-33(24-10-8-7-9-11-24)40(36,37)27-18-16-26(39-5)17-19-27/h7-19,22,28H,6,20-21H2,1-5H3,(H,31,35)/t28-/m1/s1. The van der Waals surface area contributed by atoms with Crippen molar-refractivity contribution in [2.24, 2.45) is 0 Å². The molecule has 0 aromatic heterocycles. The topological polar surface area (TPSA) is 105 Å². The molecule has 9 nitrogen and oxygen atoms in total. The van der Waals surface area contributed by atoms with E-state index in [1.807, 2.05) is 32.9 Å². The second-order valence-electron chi connectivity index (χ2n) is 9.48. The summed E-state index contributed by atoms with van der Waals surface area (Å²) in [6.45, 7) is 5.12. The predicted molar refractivity (Wildman–Crippen MR) is 155 cm³/mol. The Kier molecular flexibility index (Phi) is 10.6. The molecule has 1 atom stereocenters. The molecule has 0 saturated carbocycles. The van der Waals surface area contributed by atoms with Crippen molar-refractivity contribution in [2.45, 2.75) is 50.7 Å². The molecule has 0 bridgehead atoms. The summed E-state index contributed by atoms with van der Waals surface area (Å²) in [5, 5.41) is 2.89. The van der Waals surface area contributed by atoms with Crippen molar-refractivity contribution in [2.75, 3.05) is 25.1 Å². The number of para-hydroxylation sites is 1. The largest absolute Gasteiger partial charge is 0.497 e. The molecule has 1 N–H and O–H groups in total. The maximum absolute atomic E-state index is 14.0. The van der Waals surface area contributed by atoms with Gasteiger partial charge < -0.3 is 19.7 Å². The van der Waals surface area contributed by atoms with E-state index >= 15 is 0 Å². The van der Waals surface area contributed by atoms with Gasteiger partial charge in [-0.3, -0.25) is 13.9 Å². The van der Waals surface area contributed by atoms with Crippen LogP contribution >= 0.6 is 0 Å². The fraction of sp³-hybridized carbons (Fsp3) is 0.333. The normalized spacial score (nSPS) is 11.9. The summed E-state index contributed by atoms with van der Waals surface area (Å²) in [5.41, 5.74) is 1.10. The molecule has 0 spiro atoms. The number of anilines is 1. The van der Waals surface area contributed by atoms with Gasteiger partial charge in [-0.1, -0.05) is 37.3 Å². The molecular formula is C30H37N3O6S. The highest BCUT2D eigenvalue weighted by Crippen LogP contribution is 2.26. The first-order valence-electron chi connectivity index (χ1n) is 13.0. The summed E-state index contributed by atoms with van der Waals surface area (Å²) < 4.78 is 39.2. The SMILES string of the molecule is CC[C@H](C(=O)NC(C)C)N(Cc1ccc(OC)cc1)C(=O)CN(c1ccccc1)S(=O)(=O)c1ccc(OC)cc1. The summed E-state index contributed by atoms with van der Waals surface area (Å²) in [4.78, 5) is 28.7. The van der Waals surface area contributed by atoms with Crippen molar-refractivity contribution >= 4 is 27.5 Å². The zero-order valence-electron chi connectivity index (χ0n) is 23.5. The van der Waals surface area contributed by atoms with Gasteiger partial charge in [0.15, 0.2) is 0 Å². The average molecular weight is 568 g/mol. The summed E-state index contributed by atoms with van der Waals surface area (Å²) in [7, 11) is -1.09. The quantitative estimate of drug-likeness (QED) is 0.332.